The molecule has 0 saturated carbocycles. The molecule has 1 atom stereocenters. The van der Waals surface area contributed by atoms with E-state index in [1.165, 1.54) is 7.11 Å². The van der Waals surface area contributed by atoms with Gasteiger partial charge in [0.2, 0.25) is 0 Å². The van der Waals surface area contributed by atoms with E-state index in [1.807, 2.05) is 0 Å². The van der Waals surface area contributed by atoms with Crippen LogP contribution in [-0.4, -0.2) is 18.9 Å². The normalized spacial score (nSPS) is 12.6. The molecule has 0 radical (unpaired) electrons. The van der Waals surface area contributed by atoms with Gasteiger partial charge in [0.15, 0.2) is 0 Å². The van der Waals surface area contributed by atoms with E-state index < -0.39 is 12.8 Å². The number of aliphatic hydroxyl groups excluding tert-OH is 1. The minimum Gasteiger partial charge on any atom is -0.496 e. The van der Waals surface area contributed by atoms with E-state index >= 15 is 0 Å². The molecule has 0 heterocycles. The van der Waals surface area contributed by atoms with E-state index in [9.17, 15) is 9.50 Å². The highest BCUT2D eigenvalue weighted by atomic mass is 79.9. The maximum atomic E-state index is 12.1. The van der Waals surface area contributed by atoms with Crippen molar-refractivity contribution in [2.75, 3.05) is 13.8 Å². The second kappa shape index (κ2) is 4.58. The first-order valence-corrected chi connectivity index (χ1v) is 4.55. The molecule has 0 bridgehead atoms. The molecule has 0 fully saturated rings. The molecule has 0 aromatic heterocycles. The Bertz CT molecular complexity index is 291. The molecular formula is C9H10BrFO2. The predicted octanol–water partition coefficient (Wildman–Crippen LogP) is 2.46. The summed E-state index contributed by atoms with van der Waals surface area (Å²) in [6.07, 6.45) is -1.07. The summed E-state index contributed by atoms with van der Waals surface area (Å²) in [7, 11) is 1.52. The van der Waals surface area contributed by atoms with Crippen LogP contribution in [-0.2, 0) is 0 Å². The van der Waals surface area contributed by atoms with E-state index in [2.05, 4.69) is 15.9 Å². The molecule has 1 N–H and O–H groups in total. The van der Waals surface area contributed by atoms with Crippen molar-refractivity contribution in [2.24, 2.45) is 0 Å². The molecule has 0 aliphatic carbocycles. The summed E-state index contributed by atoms with van der Waals surface area (Å²) < 4.78 is 17.9. The molecule has 0 aliphatic heterocycles. The van der Waals surface area contributed by atoms with Crippen molar-refractivity contribution in [3.8, 4) is 5.75 Å². The van der Waals surface area contributed by atoms with Crippen molar-refractivity contribution in [3.05, 3.63) is 28.2 Å². The number of hydrogen-bond acceptors (Lipinski definition) is 2. The quantitative estimate of drug-likeness (QED) is 0.891. The van der Waals surface area contributed by atoms with Gasteiger partial charge in [0.05, 0.1) is 11.6 Å². The van der Waals surface area contributed by atoms with Gasteiger partial charge in [0.25, 0.3) is 0 Å². The van der Waals surface area contributed by atoms with Crippen LogP contribution in [0.15, 0.2) is 22.7 Å². The van der Waals surface area contributed by atoms with Crippen LogP contribution in [0.2, 0.25) is 0 Å². The molecule has 1 aromatic rings. The van der Waals surface area contributed by atoms with Gasteiger partial charge >= 0.3 is 0 Å². The lowest BCUT2D eigenvalue weighted by molar-refractivity contribution is 0.141. The number of hydrogen-bond donors (Lipinski definition) is 1. The van der Waals surface area contributed by atoms with Crippen LogP contribution in [0.3, 0.4) is 0 Å². The lowest BCUT2D eigenvalue weighted by Gasteiger charge is -2.09. The lowest BCUT2D eigenvalue weighted by atomic mass is 10.1. The Morgan fingerprint density at radius 1 is 1.62 bits per heavy atom. The van der Waals surface area contributed by atoms with E-state index in [1.54, 1.807) is 18.2 Å². The summed E-state index contributed by atoms with van der Waals surface area (Å²) >= 11 is 3.26. The molecule has 4 heteroatoms. The Kier molecular flexibility index (Phi) is 3.69. The predicted molar refractivity (Wildman–Crippen MR) is 51.6 cm³/mol. The molecule has 0 aliphatic rings. The van der Waals surface area contributed by atoms with Gasteiger partial charge in [-0.15, -0.1) is 0 Å². The van der Waals surface area contributed by atoms with Crippen molar-refractivity contribution in [1.82, 2.24) is 0 Å². The number of halogens is 2. The first kappa shape index (κ1) is 10.5. The monoisotopic (exact) mass is 248 g/mol. The van der Waals surface area contributed by atoms with Gasteiger partial charge in [-0.3, -0.25) is 0 Å². The number of rotatable bonds is 3. The molecule has 1 unspecified atom stereocenters. The molecule has 1 rings (SSSR count). The lowest BCUT2D eigenvalue weighted by Crippen LogP contribution is -1.99. The molecule has 13 heavy (non-hydrogen) atoms. The number of ether oxygens (including phenoxy) is 1. The van der Waals surface area contributed by atoms with Crippen molar-refractivity contribution >= 4 is 15.9 Å². The summed E-state index contributed by atoms with van der Waals surface area (Å²) in [6, 6.07) is 4.97. The van der Waals surface area contributed by atoms with Gasteiger partial charge in [0.1, 0.15) is 18.5 Å². The van der Waals surface area contributed by atoms with Crippen LogP contribution in [0, 0.1) is 0 Å². The molecule has 0 spiro atoms. The van der Waals surface area contributed by atoms with E-state index in [0.29, 0.717) is 11.3 Å². The van der Waals surface area contributed by atoms with Crippen molar-refractivity contribution in [3.63, 3.8) is 0 Å². The molecule has 1 aromatic carbocycles. The van der Waals surface area contributed by atoms with Crippen LogP contribution in [0.5, 0.6) is 5.75 Å². The van der Waals surface area contributed by atoms with Crippen molar-refractivity contribution < 1.29 is 14.2 Å². The Morgan fingerprint density at radius 2 is 2.31 bits per heavy atom. The summed E-state index contributed by atoms with van der Waals surface area (Å²) in [4.78, 5) is 0. The molecular weight excluding hydrogens is 239 g/mol. The average molecular weight is 249 g/mol. The average Bonchev–Trinajstić information content (AvgIpc) is 2.17. The highest BCUT2D eigenvalue weighted by molar-refractivity contribution is 9.10. The number of methoxy groups -OCH3 is 1. The SMILES string of the molecule is COc1cc(C(O)CF)ccc1Br. The second-order valence-electron chi connectivity index (χ2n) is 2.56. The van der Waals surface area contributed by atoms with Gasteiger partial charge in [-0.05, 0) is 33.6 Å². The first-order chi connectivity index (χ1) is 6.19. The molecule has 0 amide bonds. The highest BCUT2D eigenvalue weighted by Crippen LogP contribution is 2.28. The number of aliphatic hydroxyl groups is 1. The standard InChI is InChI=1S/C9H10BrFO2/c1-13-9-4-6(8(12)5-11)2-3-7(9)10/h2-4,8,12H,5H2,1H3. The van der Waals surface area contributed by atoms with E-state index in [0.717, 1.165) is 4.47 Å². The fraction of sp³-hybridized carbons (Fsp3) is 0.333. The fourth-order valence-electron chi connectivity index (χ4n) is 0.973. The van der Waals surface area contributed by atoms with E-state index in [4.69, 9.17) is 4.74 Å². The highest BCUT2D eigenvalue weighted by Gasteiger charge is 2.09. The van der Waals surface area contributed by atoms with Crippen LogP contribution in [0.25, 0.3) is 0 Å². The maximum absolute atomic E-state index is 12.1. The van der Waals surface area contributed by atoms with Gasteiger partial charge < -0.3 is 9.84 Å². The summed E-state index contributed by atoms with van der Waals surface area (Å²) in [6.45, 7) is -0.787. The first-order valence-electron chi connectivity index (χ1n) is 3.76. The van der Waals surface area contributed by atoms with Crippen LogP contribution < -0.4 is 4.74 Å². The maximum Gasteiger partial charge on any atom is 0.133 e. The zero-order chi connectivity index (χ0) is 9.84. The zero-order valence-corrected chi connectivity index (χ0v) is 8.71. The molecule has 0 saturated heterocycles. The number of benzene rings is 1. The fourth-order valence-corrected chi connectivity index (χ4v) is 1.38. The Labute approximate surface area is 84.5 Å². The molecule has 2 nitrogen and oxygen atoms in total. The van der Waals surface area contributed by atoms with Crippen molar-refractivity contribution in [1.29, 1.82) is 0 Å². The summed E-state index contributed by atoms with van der Waals surface area (Å²) in [5.74, 6) is 0.588. The van der Waals surface area contributed by atoms with Gasteiger partial charge in [-0.1, -0.05) is 6.07 Å². The minimum atomic E-state index is -1.07. The topological polar surface area (TPSA) is 29.5 Å². The van der Waals surface area contributed by atoms with Gasteiger partial charge in [-0.2, -0.15) is 0 Å². The second-order valence-corrected chi connectivity index (χ2v) is 3.42. The number of alkyl halides is 1. The van der Waals surface area contributed by atoms with Crippen LogP contribution in [0.1, 0.15) is 11.7 Å². The van der Waals surface area contributed by atoms with Crippen molar-refractivity contribution in [2.45, 2.75) is 6.10 Å². The van der Waals surface area contributed by atoms with Gasteiger partial charge in [-0.25, -0.2) is 4.39 Å². The third-order valence-electron chi connectivity index (χ3n) is 1.71. The van der Waals surface area contributed by atoms with E-state index in [-0.39, 0.29) is 0 Å². The summed E-state index contributed by atoms with van der Waals surface area (Å²) in [5.41, 5.74) is 0.516. The zero-order valence-electron chi connectivity index (χ0n) is 7.13. The largest absolute Gasteiger partial charge is 0.496 e. The Hall–Kier alpha value is -0.610. The smallest absolute Gasteiger partial charge is 0.133 e. The van der Waals surface area contributed by atoms with Gasteiger partial charge in [0, 0.05) is 0 Å². The third kappa shape index (κ3) is 2.42. The van der Waals surface area contributed by atoms with Crippen LogP contribution in [0.4, 0.5) is 4.39 Å². The third-order valence-corrected chi connectivity index (χ3v) is 2.36. The minimum absolute atomic E-state index is 0.516. The Balaban J connectivity index is 2.99. The van der Waals surface area contributed by atoms with Crippen LogP contribution >= 0.6 is 15.9 Å². The Morgan fingerprint density at radius 3 is 2.85 bits per heavy atom. The summed E-state index contributed by atoms with van der Waals surface area (Å²) in [5, 5.41) is 9.19. The molecule has 72 valence electrons.